The van der Waals surface area contributed by atoms with Crippen molar-refractivity contribution < 1.29 is 24.2 Å². The summed E-state index contributed by atoms with van der Waals surface area (Å²) in [6, 6.07) is 0. The van der Waals surface area contributed by atoms with Crippen LogP contribution in [0.1, 0.15) is 221 Å². The van der Waals surface area contributed by atoms with Crippen LogP contribution >= 0.6 is 0 Å². The third kappa shape index (κ3) is 13.6. The van der Waals surface area contributed by atoms with E-state index in [1.807, 2.05) is 0 Å². The van der Waals surface area contributed by atoms with Gasteiger partial charge in [-0.2, -0.15) is 0 Å². The van der Waals surface area contributed by atoms with Crippen molar-refractivity contribution in [2.45, 2.75) is 234 Å². The molecule has 0 amide bonds. The van der Waals surface area contributed by atoms with E-state index in [0.717, 1.165) is 121 Å². The van der Waals surface area contributed by atoms with E-state index in [0.29, 0.717) is 23.7 Å². The lowest BCUT2D eigenvalue weighted by molar-refractivity contribution is -0.152. The Hall–Kier alpha value is -1.40. The maximum Gasteiger partial charge on any atom is 0.306 e. The Morgan fingerprint density at radius 1 is 0.714 bits per heavy atom. The number of nitrogens with zero attached hydrogens (tertiary/aromatic N) is 1. The Morgan fingerprint density at radius 3 is 2.00 bits per heavy atom. The predicted molar refractivity (Wildman–Crippen MR) is 232 cm³/mol. The van der Waals surface area contributed by atoms with E-state index in [1.54, 1.807) is 5.57 Å². The zero-order chi connectivity index (χ0) is 40.4. The third-order valence-electron chi connectivity index (χ3n) is 16.0. The lowest BCUT2D eigenvalue weighted by Crippen LogP contribution is -2.51. The summed E-state index contributed by atoms with van der Waals surface area (Å²) in [5.41, 5.74) is 2.82. The molecule has 4 aliphatic rings. The second kappa shape index (κ2) is 24.0. The van der Waals surface area contributed by atoms with Gasteiger partial charge in [0.15, 0.2) is 0 Å². The molecule has 0 spiro atoms. The number of unbranched alkanes of at least 4 members (excludes halogenated alkanes) is 11. The zero-order valence-electron chi connectivity index (χ0n) is 37.6. The highest BCUT2D eigenvalue weighted by Gasteiger charge is 2.61. The molecule has 0 aromatic heterocycles. The van der Waals surface area contributed by atoms with Crippen LogP contribution in [-0.2, 0) is 19.1 Å². The van der Waals surface area contributed by atoms with Gasteiger partial charge >= 0.3 is 11.9 Å². The Morgan fingerprint density at radius 2 is 1.32 bits per heavy atom. The second-order valence-corrected chi connectivity index (χ2v) is 20.2. The molecule has 0 heterocycles. The van der Waals surface area contributed by atoms with Gasteiger partial charge in [-0.05, 0) is 156 Å². The molecule has 324 valence electrons. The average molecular weight is 784 g/mol. The molecule has 6 atom stereocenters. The smallest absolute Gasteiger partial charge is 0.306 e. The maximum atomic E-state index is 13.0. The van der Waals surface area contributed by atoms with E-state index in [9.17, 15) is 14.7 Å². The van der Waals surface area contributed by atoms with Crippen molar-refractivity contribution in [3.8, 4) is 0 Å². The van der Waals surface area contributed by atoms with Gasteiger partial charge in [-0.25, -0.2) is 0 Å². The number of carbonyl (C=O) groups excluding carboxylic acids is 2. The minimum atomic E-state index is -0.0350. The summed E-state index contributed by atoms with van der Waals surface area (Å²) in [6.07, 6.45) is 33.4. The number of hydrogen-bond donors (Lipinski definition) is 1. The standard InChI is InChI=1S/C50H89NO5/c1-7-9-11-13-16-23-41(24-17-14-12-10-8-2)55-47(54)26-22-37-51(36-20-21-38-52)35-19-15-18-25-46(53)56-42-29-33-49(5)40(39-42)27-28-43-44(49)31-34-50(6)45(43)30-32-48(50,3)4/h27,41-45,52H,7-26,28-39H2,1-6H3. The summed E-state index contributed by atoms with van der Waals surface area (Å²) < 4.78 is 12.2. The van der Waals surface area contributed by atoms with Crippen LogP contribution in [0.2, 0.25) is 0 Å². The monoisotopic (exact) mass is 784 g/mol. The molecule has 3 fully saturated rings. The molecule has 0 aromatic rings. The van der Waals surface area contributed by atoms with E-state index in [-0.39, 0.29) is 36.2 Å². The SMILES string of the molecule is CCCCCCCC(CCCCCCC)OC(=O)CCCN(CCCCO)CCCCCC(=O)OC1CCC2(C)C(=CCC3C2CCC2(C)C3CCC2(C)C)C1. The van der Waals surface area contributed by atoms with Crippen LogP contribution in [0.15, 0.2) is 11.6 Å². The van der Waals surface area contributed by atoms with Gasteiger partial charge in [0.05, 0.1) is 0 Å². The van der Waals surface area contributed by atoms with Crippen molar-refractivity contribution in [1.29, 1.82) is 0 Å². The van der Waals surface area contributed by atoms with Gasteiger partial charge in [-0.15, -0.1) is 0 Å². The summed E-state index contributed by atoms with van der Waals surface area (Å²) >= 11 is 0. The van der Waals surface area contributed by atoms with E-state index < -0.39 is 0 Å². The lowest BCUT2D eigenvalue weighted by atomic mass is 9.46. The minimum Gasteiger partial charge on any atom is -0.462 e. The van der Waals surface area contributed by atoms with Crippen LogP contribution in [0.4, 0.5) is 0 Å². The highest BCUT2D eigenvalue weighted by atomic mass is 16.5. The predicted octanol–water partition coefficient (Wildman–Crippen LogP) is 12.9. The first-order chi connectivity index (χ1) is 27.0. The lowest BCUT2D eigenvalue weighted by Gasteiger charge is -2.59. The fourth-order valence-electron chi connectivity index (χ4n) is 11.9. The van der Waals surface area contributed by atoms with E-state index in [2.05, 4.69) is 52.5 Å². The number of esters is 2. The van der Waals surface area contributed by atoms with Crippen LogP contribution in [0, 0.1) is 34.0 Å². The van der Waals surface area contributed by atoms with Gasteiger partial charge in [-0.3, -0.25) is 9.59 Å². The van der Waals surface area contributed by atoms with Crippen molar-refractivity contribution in [1.82, 2.24) is 4.90 Å². The highest BCUT2D eigenvalue weighted by molar-refractivity contribution is 5.70. The average Bonchev–Trinajstić information content (AvgIpc) is 3.42. The fourth-order valence-corrected chi connectivity index (χ4v) is 11.9. The Labute approximate surface area is 345 Å². The van der Waals surface area contributed by atoms with Crippen LogP contribution in [-0.4, -0.2) is 60.4 Å². The molecule has 4 rings (SSSR count). The summed E-state index contributed by atoms with van der Waals surface area (Å²) in [5, 5.41) is 9.38. The van der Waals surface area contributed by atoms with Crippen LogP contribution in [0.3, 0.4) is 0 Å². The fraction of sp³-hybridized carbons (Fsp3) is 0.920. The molecular formula is C50H89NO5. The van der Waals surface area contributed by atoms with Gasteiger partial charge in [0.2, 0.25) is 0 Å². The van der Waals surface area contributed by atoms with Gasteiger partial charge in [0, 0.05) is 25.9 Å². The molecule has 6 nitrogen and oxygen atoms in total. The first-order valence-electron chi connectivity index (χ1n) is 24.4. The van der Waals surface area contributed by atoms with Crippen LogP contribution in [0.25, 0.3) is 0 Å². The van der Waals surface area contributed by atoms with Gasteiger partial charge in [0.1, 0.15) is 12.2 Å². The molecular weight excluding hydrogens is 695 g/mol. The van der Waals surface area contributed by atoms with E-state index >= 15 is 0 Å². The first kappa shape index (κ1) is 47.3. The van der Waals surface area contributed by atoms with Gasteiger partial charge in [0.25, 0.3) is 0 Å². The number of aliphatic hydroxyl groups excluding tert-OH is 1. The highest BCUT2D eigenvalue weighted by Crippen LogP contribution is 2.69. The molecule has 6 heteroatoms. The molecule has 0 saturated heterocycles. The quantitative estimate of drug-likeness (QED) is 0.0484. The molecule has 0 bridgehead atoms. The van der Waals surface area contributed by atoms with E-state index in [4.69, 9.17) is 9.47 Å². The summed E-state index contributed by atoms with van der Waals surface area (Å²) in [4.78, 5) is 28.4. The third-order valence-corrected chi connectivity index (χ3v) is 16.0. The largest absolute Gasteiger partial charge is 0.462 e. The van der Waals surface area contributed by atoms with Crippen molar-refractivity contribution >= 4 is 11.9 Å². The molecule has 0 aliphatic heterocycles. The summed E-state index contributed by atoms with van der Waals surface area (Å²) in [7, 11) is 0. The second-order valence-electron chi connectivity index (χ2n) is 20.2. The molecule has 6 unspecified atom stereocenters. The number of aliphatic hydroxyl groups is 1. The van der Waals surface area contributed by atoms with E-state index in [1.165, 1.54) is 83.5 Å². The Kier molecular flexibility index (Phi) is 20.3. The van der Waals surface area contributed by atoms with Crippen LogP contribution in [0.5, 0.6) is 0 Å². The number of hydrogen-bond acceptors (Lipinski definition) is 6. The normalized spacial score (nSPS) is 28.1. The van der Waals surface area contributed by atoms with Gasteiger partial charge < -0.3 is 19.5 Å². The van der Waals surface area contributed by atoms with Crippen molar-refractivity contribution in [3.63, 3.8) is 0 Å². The van der Waals surface area contributed by atoms with Crippen LogP contribution < -0.4 is 0 Å². The molecule has 0 aromatic carbocycles. The van der Waals surface area contributed by atoms with Crippen molar-refractivity contribution in [2.75, 3.05) is 26.2 Å². The topological polar surface area (TPSA) is 76.1 Å². The summed E-state index contributed by atoms with van der Waals surface area (Å²) in [5.74, 6) is 2.42. The Balaban J connectivity index is 1.13. The molecule has 0 radical (unpaired) electrons. The number of rotatable bonds is 28. The minimum absolute atomic E-state index is 0.0203. The Bertz CT molecular complexity index is 1170. The molecule has 3 saturated carbocycles. The number of fused-ring (bicyclic) bond motifs is 5. The number of allylic oxidation sites excluding steroid dienone is 1. The molecule has 4 aliphatic carbocycles. The number of ether oxygens (including phenoxy) is 2. The summed E-state index contributed by atoms with van der Waals surface area (Å²) in [6.45, 7) is 17.7. The first-order valence-corrected chi connectivity index (χ1v) is 24.4. The van der Waals surface area contributed by atoms with Crippen molar-refractivity contribution in [3.05, 3.63) is 11.6 Å². The number of carbonyl (C=O) groups is 2. The van der Waals surface area contributed by atoms with Gasteiger partial charge in [-0.1, -0.05) is 111 Å². The maximum absolute atomic E-state index is 13.0. The zero-order valence-corrected chi connectivity index (χ0v) is 37.6. The van der Waals surface area contributed by atoms with Crippen molar-refractivity contribution in [2.24, 2.45) is 34.0 Å². The molecule has 1 N–H and O–H groups in total. The molecule has 56 heavy (non-hydrogen) atoms.